The third kappa shape index (κ3) is 6.73. The molecule has 2 N–H and O–H groups in total. The maximum atomic E-state index is 13.9. The zero-order chi connectivity index (χ0) is 30.0. The van der Waals surface area contributed by atoms with Crippen LogP contribution in [0.5, 0.6) is 0 Å². The molecule has 0 saturated carbocycles. The van der Waals surface area contributed by atoms with Gasteiger partial charge in [-0.2, -0.15) is 0 Å². The molecule has 220 valence electrons. The van der Waals surface area contributed by atoms with E-state index in [4.69, 9.17) is 4.74 Å². The van der Waals surface area contributed by atoms with Crippen LogP contribution in [0, 0.1) is 5.92 Å². The molecular weight excluding hydrogens is 534 g/mol. The highest BCUT2D eigenvalue weighted by molar-refractivity contribution is 5.90. The van der Waals surface area contributed by atoms with Gasteiger partial charge in [0.2, 0.25) is 11.8 Å². The molecule has 42 heavy (non-hydrogen) atoms. The van der Waals surface area contributed by atoms with Crippen LogP contribution in [0.4, 0.5) is 4.79 Å². The molecule has 3 amide bonds. The molecule has 2 aliphatic heterocycles. The van der Waals surface area contributed by atoms with Crippen molar-refractivity contribution >= 4 is 34.6 Å². The Kier molecular flexibility index (Phi) is 8.20. The molecule has 3 aromatic carbocycles. The maximum Gasteiger partial charge on any atom is 0.410 e. The number of carbonyl (C=O) groups is 4. The highest BCUT2D eigenvalue weighted by Gasteiger charge is 2.34. The molecule has 1 saturated heterocycles. The Morgan fingerprint density at radius 1 is 0.905 bits per heavy atom. The largest absolute Gasteiger partial charge is 0.478 e. The summed E-state index contributed by atoms with van der Waals surface area (Å²) in [6.07, 6.45) is 0.897. The van der Waals surface area contributed by atoms with Crippen LogP contribution in [0.1, 0.15) is 60.7 Å². The number of fused-ring (bicyclic) bond motifs is 2. The van der Waals surface area contributed by atoms with Crippen LogP contribution < -0.4 is 5.32 Å². The molecular formula is C33H37N3O6. The number of carboxylic acid groups (broad SMARTS) is 1. The fraction of sp³-hybridized carbons (Fsp3) is 0.394. The normalized spacial score (nSPS) is 16.2. The van der Waals surface area contributed by atoms with Gasteiger partial charge in [-0.3, -0.25) is 9.59 Å². The Morgan fingerprint density at radius 3 is 2.29 bits per heavy atom. The Bertz CT molecular complexity index is 1520. The van der Waals surface area contributed by atoms with Crippen LogP contribution in [-0.2, 0) is 33.8 Å². The van der Waals surface area contributed by atoms with E-state index in [0.29, 0.717) is 38.9 Å². The number of nitrogens with one attached hydrogen (secondary N) is 1. The van der Waals surface area contributed by atoms with E-state index in [2.05, 4.69) is 5.32 Å². The van der Waals surface area contributed by atoms with Gasteiger partial charge in [-0.15, -0.1) is 0 Å². The van der Waals surface area contributed by atoms with Crippen molar-refractivity contribution in [2.75, 3.05) is 13.1 Å². The van der Waals surface area contributed by atoms with Gasteiger partial charge in [-0.05, 0) is 73.2 Å². The van der Waals surface area contributed by atoms with E-state index in [1.54, 1.807) is 28.0 Å². The molecule has 3 aromatic rings. The Labute approximate surface area is 245 Å². The predicted octanol–water partition coefficient (Wildman–Crippen LogP) is 4.75. The SMILES string of the molecule is CC(C)(C)OC(=O)N1CCC(C(=O)NC(Cc2ccc3ccccc3c2)C(=O)N2Cc3ccc(C(=O)O)cc3C2)CC1. The molecule has 1 unspecified atom stereocenters. The first-order chi connectivity index (χ1) is 20.0. The average molecular weight is 572 g/mol. The molecule has 1 fully saturated rings. The molecule has 0 aromatic heterocycles. The number of carboxylic acids is 1. The summed E-state index contributed by atoms with van der Waals surface area (Å²) in [4.78, 5) is 54.6. The predicted molar refractivity (Wildman–Crippen MR) is 158 cm³/mol. The zero-order valence-electron chi connectivity index (χ0n) is 24.3. The van der Waals surface area contributed by atoms with Gasteiger partial charge in [0.25, 0.3) is 0 Å². The third-order valence-electron chi connectivity index (χ3n) is 7.87. The van der Waals surface area contributed by atoms with Gasteiger partial charge in [0, 0.05) is 38.5 Å². The first-order valence-electron chi connectivity index (χ1n) is 14.4. The molecule has 0 spiro atoms. The van der Waals surface area contributed by atoms with Gasteiger partial charge in [0.05, 0.1) is 5.56 Å². The standard InChI is InChI=1S/C33H37N3O6/c1-33(2,3)42-32(41)35-14-12-23(13-15-35)29(37)34-28(17-21-8-9-22-6-4-5-7-24(22)16-21)30(38)36-19-26-11-10-25(31(39)40)18-27(26)20-36/h4-11,16,18,23,28H,12-15,17,19-20H2,1-3H3,(H,34,37)(H,39,40). The number of piperidine rings is 1. The number of benzene rings is 3. The summed E-state index contributed by atoms with van der Waals surface area (Å²) in [5.41, 5.74) is 2.22. The topological polar surface area (TPSA) is 116 Å². The van der Waals surface area contributed by atoms with Crippen molar-refractivity contribution in [2.24, 2.45) is 5.92 Å². The van der Waals surface area contributed by atoms with Crippen LogP contribution in [0.3, 0.4) is 0 Å². The zero-order valence-corrected chi connectivity index (χ0v) is 24.3. The number of carbonyl (C=O) groups excluding carboxylic acids is 3. The van der Waals surface area contributed by atoms with E-state index in [1.165, 1.54) is 0 Å². The molecule has 2 aliphatic rings. The Hall–Kier alpha value is -4.40. The summed E-state index contributed by atoms with van der Waals surface area (Å²) < 4.78 is 5.47. The molecule has 0 radical (unpaired) electrons. The van der Waals surface area contributed by atoms with Crippen molar-refractivity contribution in [1.82, 2.24) is 15.1 Å². The fourth-order valence-electron chi connectivity index (χ4n) is 5.65. The van der Waals surface area contributed by atoms with E-state index in [0.717, 1.165) is 27.5 Å². The lowest BCUT2D eigenvalue weighted by molar-refractivity contribution is -0.138. The minimum Gasteiger partial charge on any atom is -0.478 e. The van der Waals surface area contributed by atoms with Gasteiger partial charge < -0.3 is 25.0 Å². The van der Waals surface area contributed by atoms with Crippen molar-refractivity contribution in [1.29, 1.82) is 0 Å². The van der Waals surface area contributed by atoms with Crippen LogP contribution >= 0.6 is 0 Å². The van der Waals surface area contributed by atoms with Crippen molar-refractivity contribution < 1.29 is 29.0 Å². The van der Waals surface area contributed by atoms with E-state index < -0.39 is 17.6 Å². The first-order valence-corrected chi connectivity index (χ1v) is 14.4. The lowest BCUT2D eigenvalue weighted by atomic mass is 9.94. The van der Waals surface area contributed by atoms with E-state index in [9.17, 15) is 24.3 Å². The smallest absolute Gasteiger partial charge is 0.410 e. The second kappa shape index (κ2) is 11.8. The molecule has 5 rings (SSSR count). The summed E-state index contributed by atoms with van der Waals surface area (Å²) in [5.74, 6) is -1.76. The summed E-state index contributed by atoms with van der Waals surface area (Å²) in [5, 5.41) is 14.6. The third-order valence-corrected chi connectivity index (χ3v) is 7.87. The van der Waals surface area contributed by atoms with E-state index in [-0.39, 0.29) is 35.9 Å². The molecule has 9 nitrogen and oxygen atoms in total. The van der Waals surface area contributed by atoms with Crippen LogP contribution in [0.15, 0.2) is 60.7 Å². The second-order valence-electron chi connectivity index (χ2n) is 12.2. The van der Waals surface area contributed by atoms with Gasteiger partial charge in [-0.1, -0.05) is 48.5 Å². The molecule has 2 heterocycles. The number of amides is 3. The molecule has 1 atom stereocenters. The number of ether oxygens (including phenoxy) is 1. The number of aromatic carboxylic acids is 1. The van der Waals surface area contributed by atoms with Crippen LogP contribution in [-0.4, -0.2) is 63.5 Å². The van der Waals surface area contributed by atoms with Gasteiger partial charge >= 0.3 is 12.1 Å². The van der Waals surface area contributed by atoms with Crippen LogP contribution in [0.2, 0.25) is 0 Å². The Balaban J connectivity index is 1.30. The molecule has 9 heteroatoms. The highest BCUT2D eigenvalue weighted by atomic mass is 16.6. The number of hydrogen-bond donors (Lipinski definition) is 2. The molecule has 0 bridgehead atoms. The van der Waals surface area contributed by atoms with Gasteiger partial charge in [0.1, 0.15) is 11.6 Å². The minimum atomic E-state index is -1.01. The van der Waals surface area contributed by atoms with Crippen LogP contribution in [0.25, 0.3) is 10.8 Å². The summed E-state index contributed by atoms with van der Waals surface area (Å²) in [6, 6.07) is 18.1. The monoisotopic (exact) mass is 571 g/mol. The van der Waals surface area contributed by atoms with Crippen molar-refractivity contribution in [3.63, 3.8) is 0 Å². The number of hydrogen-bond acceptors (Lipinski definition) is 5. The van der Waals surface area contributed by atoms with E-state index in [1.807, 2.05) is 63.2 Å². The number of likely N-dealkylation sites (tertiary alicyclic amines) is 1. The lowest BCUT2D eigenvalue weighted by Gasteiger charge is -2.33. The fourth-order valence-corrected chi connectivity index (χ4v) is 5.65. The summed E-state index contributed by atoms with van der Waals surface area (Å²) >= 11 is 0. The summed E-state index contributed by atoms with van der Waals surface area (Å²) in [6.45, 7) is 6.92. The van der Waals surface area contributed by atoms with Crippen molar-refractivity contribution in [3.8, 4) is 0 Å². The number of nitrogens with zero attached hydrogens (tertiary/aromatic N) is 2. The maximum absolute atomic E-state index is 13.9. The summed E-state index contributed by atoms with van der Waals surface area (Å²) in [7, 11) is 0. The van der Waals surface area contributed by atoms with Crippen molar-refractivity contribution in [2.45, 2.75) is 64.8 Å². The Morgan fingerprint density at radius 2 is 1.60 bits per heavy atom. The first kappa shape index (κ1) is 29.1. The number of rotatable bonds is 6. The van der Waals surface area contributed by atoms with E-state index >= 15 is 0 Å². The quantitative estimate of drug-likeness (QED) is 0.441. The second-order valence-corrected chi connectivity index (χ2v) is 12.2. The lowest BCUT2D eigenvalue weighted by Crippen LogP contribution is -2.51. The molecule has 0 aliphatic carbocycles. The highest BCUT2D eigenvalue weighted by Crippen LogP contribution is 2.26. The average Bonchev–Trinajstić information content (AvgIpc) is 3.39. The van der Waals surface area contributed by atoms with Gasteiger partial charge in [-0.25, -0.2) is 9.59 Å². The van der Waals surface area contributed by atoms with Crippen molar-refractivity contribution in [3.05, 3.63) is 82.9 Å². The van der Waals surface area contributed by atoms with Gasteiger partial charge in [0.15, 0.2) is 0 Å². The minimum absolute atomic E-state index is 0.182.